The maximum atomic E-state index is 3.43. The molecule has 122 valence electrons. The molecule has 3 unspecified atom stereocenters. The highest BCUT2D eigenvalue weighted by Crippen LogP contribution is 2.67. The third kappa shape index (κ3) is 2.61. The molecule has 0 radical (unpaired) electrons. The molecule has 0 spiro atoms. The molecule has 4 saturated carbocycles. The molecule has 3 atom stereocenters. The molecule has 0 saturated heterocycles. The van der Waals surface area contributed by atoms with Gasteiger partial charge in [0.05, 0.1) is 0 Å². The first-order valence-electron chi connectivity index (χ1n) is 8.91. The van der Waals surface area contributed by atoms with E-state index in [0.717, 1.165) is 23.7 Å². The molecule has 4 fully saturated rings. The molecule has 1 aromatic rings. The van der Waals surface area contributed by atoms with E-state index < -0.39 is 0 Å². The van der Waals surface area contributed by atoms with Crippen LogP contribution in [0.2, 0.25) is 0 Å². The van der Waals surface area contributed by atoms with Gasteiger partial charge >= 0.3 is 0 Å². The molecule has 2 heteroatoms. The van der Waals surface area contributed by atoms with Gasteiger partial charge in [-0.15, -0.1) is 12.4 Å². The smallest absolute Gasteiger partial charge is 0.00464 e. The van der Waals surface area contributed by atoms with Crippen molar-refractivity contribution < 1.29 is 0 Å². The Morgan fingerprint density at radius 2 is 1.86 bits per heavy atom. The number of rotatable bonds is 4. The minimum absolute atomic E-state index is 0. The third-order valence-electron chi connectivity index (χ3n) is 6.73. The zero-order chi connectivity index (χ0) is 14.4. The van der Waals surface area contributed by atoms with Gasteiger partial charge in [0, 0.05) is 0 Å². The average Bonchev–Trinajstić information content (AvgIpc) is 2.44. The van der Waals surface area contributed by atoms with Crippen LogP contribution in [0.15, 0.2) is 24.3 Å². The summed E-state index contributed by atoms with van der Waals surface area (Å²) in [4.78, 5) is 0. The van der Waals surface area contributed by atoms with Gasteiger partial charge in [-0.2, -0.15) is 0 Å². The van der Waals surface area contributed by atoms with Crippen molar-refractivity contribution in [3.8, 4) is 0 Å². The van der Waals surface area contributed by atoms with Gasteiger partial charge in [0.1, 0.15) is 0 Å². The predicted octanol–water partition coefficient (Wildman–Crippen LogP) is 4.94. The summed E-state index contributed by atoms with van der Waals surface area (Å²) in [5.74, 6) is 3.88. The van der Waals surface area contributed by atoms with Crippen molar-refractivity contribution in [3.05, 3.63) is 35.4 Å². The van der Waals surface area contributed by atoms with Crippen LogP contribution in [-0.2, 0) is 0 Å². The van der Waals surface area contributed by atoms with Crippen LogP contribution in [0.5, 0.6) is 0 Å². The van der Waals surface area contributed by atoms with Gasteiger partial charge < -0.3 is 5.32 Å². The van der Waals surface area contributed by atoms with Crippen molar-refractivity contribution in [3.63, 3.8) is 0 Å². The van der Waals surface area contributed by atoms with E-state index in [0.29, 0.717) is 5.41 Å². The lowest BCUT2D eigenvalue weighted by atomic mass is 9.43. The Balaban J connectivity index is 0.00000144. The van der Waals surface area contributed by atoms with Crippen LogP contribution in [0.25, 0.3) is 0 Å². The normalized spacial score (nSPS) is 38.8. The molecule has 0 amide bonds. The van der Waals surface area contributed by atoms with Crippen molar-refractivity contribution in [1.82, 2.24) is 5.32 Å². The van der Waals surface area contributed by atoms with Crippen LogP contribution in [0.4, 0.5) is 0 Å². The number of aryl methyl sites for hydroxylation is 1. The second-order valence-corrected chi connectivity index (χ2v) is 8.22. The molecule has 0 aromatic heterocycles. The van der Waals surface area contributed by atoms with Crippen LogP contribution in [0.3, 0.4) is 0 Å². The first-order chi connectivity index (χ1) is 10.2. The van der Waals surface area contributed by atoms with Gasteiger partial charge in [0.15, 0.2) is 0 Å². The Hall–Kier alpha value is -0.530. The molecular weight excluding hydrogens is 290 g/mol. The number of halogens is 1. The molecule has 4 aliphatic carbocycles. The number of hydrogen-bond acceptors (Lipinski definition) is 1. The first kappa shape index (κ1) is 16.3. The highest BCUT2D eigenvalue weighted by Gasteiger charge is 2.56. The van der Waals surface area contributed by atoms with Gasteiger partial charge in [0.25, 0.3) is 0 Å². The Morgan fingerprint density at radius 1 is 1.14 bits per heavy atom. The Labute approximate surface area is 141 Å². The highest BCUT2D eigenvalue weighted by molar-refractivity contribution is 5.85. The predicted molar refractivity (Wildman–Crippen MR) is 95.7 cm³/mol. The van der Waals surface area contributed by atoms with Crippen molar-refractivity contribution in [2.75, 3.05) is 13.6 Å². The van der Waals surface area contributed by atoms with Gasteiger partial charge in [-0.3, -0.25) is 0 Å². The first-order valence-corrected chi connectivity index (χ1v) is 8.91. The molecule has 1 aromatic carbocycles. The van der Waals surface area contributed by atoms with Crippen LogP contribution in [-0.4, -0.2) is 13.6 Å². The van der Waals surface area contributed by atoms with Crippen LogP contribution < -0.4 is 5.32 Å². The van der Waals surface area contributed by atoms with E-state index in [1.165, 1.54) is 44.2 Å². The fourth-order valence-electron chi connectivity index (χ4n) is 6.43. The summed E-state index contributed by atoms with van der Waals surface area (Å²) in [5, 5.41) is 3.43. The standard InChI is InChI=1S/C20H29N.ClH/c1-14-4-3-5-17(8-14)19-18-10-15-9-16(11-18)13-20(19,12-15)6-7-21-2;/h3-5,8,15-16,18-19,21H,6-7,9-13H2,1-2H3;1H. The number of nitrogens with one attached hydrogen (secondary N) is 1. The topological polar surface area (TPSA) is 12.0 Å². The molecule has 0 aliphatic heterocycles. The number of hydrogen-bond donors (Lipinski definition) is 1. The minimum Gasteiger partial charge on any atom is -0.320 e. The Morgan fingerprint density at radius 3 is 2.50 bits per heavy atom. The largest absolute Gasteiger partial charge is 0.320 e. The summed E-state index contributed by atoms with van der Waals surface area (Å²) in [5.41, 5.74) is 3.69. The Bertz CT molecular complexity index is 512. The molecular formula is C20H30ClN. The van der Waals surface area contributed by atoms with Crippen LogP contribution in [0.1, 0.15) is 55.6 Å². The average molecular weight is 320 g/mol. The van der Waals surface area contributed by atoms with E-state index in [9.17, 15) is 0 Å². The lowest BCUT2D eigenvalue weighted by molar-refractivity contribution is -0.0794. The van der Waals surface area contributed by atoms with E-state index >= 15 is 0 Å². The lowest BCUT2D eigenvalue weighted by Gasteiger charge is -2.62. The molecule has 22 heavy (non-hydrogen) atoms. The summed E-state index contributed by atoms with van der Waals surface area (Å²) in [7, 11) is 2.11. The summed E-state index contributed by atoms with van der Waals surface area (Å²) >= 11 is 0. The van der Waals surface area contributed by atoms with Crippen LogP contribution in [0, 0.1) is 30.1 Å². The van der Waals surface area contributed by atoms with E-state index in [4.69, 9.17) is 0 Å². The lowest BCUT2D eigenvalue weighted by Crippen LogP contribution is -2.52. The summed E-state index contributed by atoms with van der Waals surface area (Å²) < 4.78 is 0. The highest BCUT2D eigenvalue weighted by atomic mass is 35.5. The minimum atomic E-state index is 0. The Kier molecular flexibility index (Phi) is 4.58. The number of benzene rings is 1. The summed E-state index contributed by atoms with van der Waals surface area (Å²) in [6.45, 7) is 3.44. The zero-order valence-corrected chi connectivity index (χ0v) is 14.8. The second-order valence-electron chi connectivity index (χ2n) is 8.22. The molecule has 4 aliphatic rings. The maximum absolute atomic E-state index is 3.43. The van der Waals surface area contributed by atoms with E-state index in [-0.39, 0.29) is 12.4 Å². The van der Waals surface area contributed by atoms with Gasteiger partial charge in [-0.25, -0.2) is 0 Å². The van der Waals surface area contributed by atoms with Crippen LogP contribution >= 0.6 is 12.4 Å². The SMILES string of the molecule is CNCCC12CC3CC(CC(C3)C1c1cccc(C)c1)C2.Cl. The molecule has 5 rings (SSSR count). The fourth-order valence-corrected chi connectivity index (χ4v) is 6.43. The van der Waals surface area contributed by atoms with Crippen molar-refractivity contribution in [1.29, 1.82) is 0 Å². The molecule has 0 heterocycles. The monoisotopic (exact) mass is 319 g/mol. The zero-order valence-electron chi connectivity index (χ0n) is 14.0. The molecule has 1 N–H and O–H groups in total. The van der Waals surface area contributed by atoms with E-state index in [1.54, 1.807) is 12.0 Å². The molecule has 4 bridgehead atoms. The summed E-state index contributed by atoms with van der Waals surface area (Å²) in [6.07, 6.45) is 8.94. The molecule has 1 nitrogen and oxygen atoms in total. The maximum Gasteiger partial charge on any atom is -0.00464 e. The summed E-state index contributed by atoms with van der Waals surface area (Å²) in [6, 6.07) is 9.43. The second kappa shape index (κ2) is 6.17. The van der Waals surface area contributed by atoms with Crippen molar-refractivity contribution in [2.24, 2.45) is 23.2 Å². The fraction of sp³-hybridized carbons (Fsp3) is 0.700. The van der Waals surface area contributed by atoms with Crippen molar-refractivity contribution >= 4 is 12.4 Å². The van der Waals surface area contributed by atoms with E-state index in [1.807, 2.05) is 0 Å². The van der Waals surface area contributed by atoms with Gasteiger partial charge in [-0.1, -0.05) is 29.8 Å². The quantitative estimate of drug-likeness (QED) is 0.829. The third-order valence-corrected chi connectivity index (χ3v) is 6.73. The van der Waals surface area contributed by atoms with E-state index in [2.05, 4.69) is 43.6 Å². The van der Waals surface area contributed by atoms with Gasteiger partial charge in [0.2, 0.25) is 0 Å². The van der Waals surface area contributed by atoms with Gasteiger partial charge in [-0.05, 0) is 93.7 Å². The van der Waals surface area contributed by atoms with Crippen molar-refractivity contribution in [2.45, 2.75) is 51.4 Å².